The zero-order valence-electron chi connectivity index (χ0n) is 15.3. The molecule has 0 aliphatic carbocycles. The van der Waals surface area contributed by atoms with Gasteiger partial charge in [-0.15, -0.1) is 0 Å². The number of carbonyl (C=O) groups excluding carboxylic acids is 1. The van der Waals surface area contributed by atoms with Crippen LogP contribution in [-0.4, -0.2) is 35.2 Å². The normalized spacial score (nSPS) is 11.9. The van der Waals surface area contributed by atoms with Gasteiger partial charge >= 0.3 is 0 Å². The summed E-state index contributed by atoms with van der Waals surface area (Å²) in [6, 6.07) is 11.6. The van der Waals surface area contributed by atoms with E-state index in [9.17, 15) is 4.79 Å². The number of rotatable bonds is 6. The largest absolute Gasteiger partial charge is 0.493 e. The van der Waals surface area contributed by atoms with Crippen molar-refractivity contribution in [3.8, 4) is 11.5 Å². The lowest BCUT2D eigenvalue weighted by Gasteiger charge is -2.28. The van der Waals surface area contributed by atoms with E-state index in [2.05, 4.69) is 16.0 Å². The first-order valence-corrected chi connectivity index (χ1v) is 9.99. The molecule has 2 rings (SSSR count). The Kier molecular flexibility index (Phi) is 8.48. The Morgan fingerprint density at radius 2 is 1.69 bits per heavy atom. The molecule has 29 heavy (non-hydrogen) atoms. The number of anilines is 1. The summed E-state index contributed by atoms with van der Waals surface area (Å²) < 4.78 is 8.45. The molecule has 6 nitrogen and oxygen atoms in total. The van der Waals surface area contributed by atoms with Gasteiger partial charge < -0.3 is 25.4 Å². The standard InChI is InChI=1S/C18H17Cl4N3O3S/c1-27-13-8-7-10(9-14(13)28-2)15(26)24-16(18(20,21)22)25-17(29)23-12-6-4-3-5-11(12)19/h3-9,16H,1-2H3,(H,24,26)(H2,23,25,29)/t16-/m0/s1. The maximum atomic E-state index is 12.7. The number of alkyl halides is 3. The van der Waals surface area contributed by atoms with Crippen molar-refractivity contribution in [1.29, 1.82) is 0 Å². The molecular formula is C18H17Cl4N3O3S. The lowest BCUT2D eigenvalue weighted by molar-refractivity contribution is 0.0934. The molecule has 0 saturated heterocycles. The first-order chi connectivity index (χ1) is 13.7. The number of halogens is 4. The predicted octanol–water partition coefficient (Wildman–Crippen LogP) is 4.77. The van der Waals surface area contributed by atoms with E-state index in [-0.39, 0.29) is 10.7 Å². The van der Waals surface area contributed by atoms with Gasteiger partial charge in [0.2, 0.25) is 3.79 Å². The van der Waals surface area contributed by atoms with Crippen molar-refractivity contribution in [2.24, 2.45) is 0 Å². The highest BCUT2D eigenvalue weighted by Gasteiger charge is 2.35. The van der Waals surface area contributed by atoms with Gasteiger partial charge in [0.15, 0.2) is 16.6 Å². The number of para-hydroxylation sites is 1. The van der Waals surface area contributed by atoms with Gasteiger partial charge in [0.25, 0.3) is 5.91 Å². The average molecular weight is 497 g/mol. The van der Waals surface area contributed by atoms with E-state index in [4.69, 9.17) is 68.1 Å². The van der Waals surface area contributed by atoms with Crippen molar-refractivity contribution >= 4 is 75.3 Å². The molecule has 0 aromatic heterocycles. The van der Waals surface area contributed by atoms with Crippen molar-refractivity contribution in [1.82, 2.24) is 10.6 Å². The average Bonchev–Trinajstić information content (AvgIpc) is 2.67. The SMILES string of the molecule is COc1ccc(C(=O)N[C@@H](NC(=S)Nc2ccccc2Cl)C(Cl)(Cl)Cl)cc1OC. The van der Waals surface area contributed by atoms with Gasteiger partial charge in [0.05, 0.1) is 24.9 Å². The van der Waals surface area contributed by atoms with Crippen molar-refractivity contribution in [2.45, 2.75) is 9.96 Å². The zero-order chi connectivity index (χ0) is 21.6. The number of methoxy groups -OCH3 is 2. The lowest BCUT2D eigenvalue weighted by Crippen LogP contribution is -2.56. The Labute approximate surface area is 193 Å². The fourth-order valence-electron chi connectivity index (χ4n) is 2.24. The molecule has 2 aromatic rings. The van der Waals surface area contributed by atoms with Crippen molar-refractivity contribution < 1.29 is 14.3 Å². The van der Waals surface area contributed by atoms with E-state index in [0.717, 1.165) is 0 Å². The molecule has 2 aromatic carbocycles. The minimum absolute atomic E-state index is 0.0991. The first kappa shape index (κ1) is 23.6. The molecule has 0 spiro atoms. The topological polar surface area (TPSA) is 71.6 Å². The highest BCUT2D eigenvalue weighted by atomic mass is 35.6. The van der Waals surface area contributed by atoms with Crippen LogP contribution in [0.4, 0.5) is 5.69 Å². The number of hydrogen-bond acceptors (Lipinski definition) is 4. The van der Waals surface area contributed by atoms with Crippen molar-refractivity contribution in [3.63, 3.8) is 0 Å². The maximum Gasteiger partial charge on any atom is 0.253 e. The van der Waals surface area contributed by atoms with E-state index >= 15 is 0 Å². The van der Waals surface area contributed by atoms with Crippen LogP contribution in [0, 0.1) is 0 Å². The monoisotopic (exact) mass is 495 g/mol. The third-order valence-electron chi connectivity index (χ3n) is 3.65. The van der Waals surface area contributed by atoms with E-state index in [1.165, 1.54) is 20.3 Å². The summed E-state index contributed by atoms with van der Waals surface area (Å²) in [4.78, 5) is 12.7. The van der Waals surface area contributed by atoms with Crippen LogP contribution in [0.15, 0.2) is 42.5 Å². The summed E-state index contributed by atoms with van der Waals surface area (Å²) in [6.07, 6.45) is -1.14. The number of carbonyl (C=O) groups is 1. The second-order valence-electron chi connectivity index (χ2n) is 5.60. The first-order valence-electron chi connectivity index (χ1n) is 8.07. The quantitative estimate of drug-likeness (QED) is 0.304. The van der Waals surface area contributed by atoms with Crippen LogP contribution in [0.25, 0.3) is 0 Å². The molecule has 0 unspecified atom stereocenters. The van der Waals surface area contributed by atoms with E-state index in [1.54, 1.807) is 36.4 Å². The van der Waals surface area contributed by atoms with Gasteiger partial charge in [-0.1, -0.05) is 58.5 Å². The minimum atomic E-state index is -1.90. The molecule has 0 radical (unpaired) electrons. The van der Waals surface area contributed by atoms with Crippen molar-refractivity contribution in [3.05, 3.63) is 53.1 Å². The van der Waals surface area contributed by atoms with E-state index in [0.29, 0.717) is 22.2 Å². The molecule has 3 N–H and O–H groups in total. The molecule has 0 saturated carbocycles. The van der Waals surface area contributed by atoms with Crippen LogP contribution >= 0.6 is 58.6 Å². The van der Waals surface area contributed by atoms with Gasteiger partial charge in [0.1, 0.15) is 6.17 Å². The van der Waals surface area contributed by atoms with Crippen LogP contribution in [-0.2, 0) is 0 Å². The molecular weight excluding hydrogens is 480 g/mol. The maximum absolute atomic E-state index is 12.7. The summed E-state index contributed by atoms with van der Waals surface area (Å²) >= 11 is 29.4. The van der Waals surface area contributed by atoms with Gasteiger partial charge in [-0.2, -0.15) is 0 Å². The molecule has 11 heteroatoms. The number of amides is 1. The Balaban J connectivity index is 2.13. The van der Waals surface area contributed by atoms with Crippen LogP contribution in [0.3, 0.4) is 0 Å². The highest BCUT2D eigenvalue weighted by Crippen LogP contribution is 2.31. The highest BCUT2D eigenvalue weighted by molar-refractivity contribution is 7.80. The van der Waals surface area contributed by atoms with E-state index < -0.39 is 15.9 Å². The summed E-state index contributed by atoms with van der Waals surface area (Å²) in [6.45, 7) is 0. The van der Waals surface area contributed by atoms with Crippen LogP contribution in [0.5, 0.6) is 11.5 Å². The van der Waals surface area contributed by atoms with Crippen LogP contribution in [0.1, 0.15) is 10.4 Å². The Morgan fingerprint density at radius 3 is 2.28 bits per heavy atom. The Bertz CT molecular complexity index is 893. The summed E-state index contributed by atoms with van der Waals surface area (Å²) in [7, 11) is 2.96. The molecule has 0 aliphatic heterocycles. The third kappa shape index (κ3) is 6.69. The molecule has 156 valence electrons. The minimum Gasteiger partial charge on any atom is -0.493 e. The molecule has 0 fully saturated rings. The second-order valence-corrected chi connectivity index (χ2v) is 8.78. The number of hydrogen-bond donors (Lipinski definition) is 3. The molecule has 0 bridgehead atoms. The van der Waals surface area contributed by atoms with Crippen molar-refractivity contribution in [2.75, 3.05) is 19.5 Å². The predicted molar refractivity (Wildman–Crippen MR) is 122 cm³/mol. The second kappa shape index (κ2) is 10.4. The Morgan fingerprint density at radius 1 is 1.03 bits per heavy atom. The number of ether oxygens (including phenoxy) is 2. The fraction of sp³-hybridized carbons (Fsp3) is 0.222. The molecule has 0 heterocycles. The van der Waals surface area contributed by atoms with Gasteiger partial charge in [-0.05, 0) is 42.5 Å². The summed E-state index contributed by atoms with van der Waals surface area (Å²) in [5.74, 6) is 0.343. The fourth-order valence-corrected chi connectivity index (χ4v) is 2.98. The lowest BCUT2D eigenvalue weighted by atomic mass is 10.2. The smallest absolute Gasteiger partial charge is 0.253 e. The summed E-state index contributed by atoms with van der Waals surface area (Å²) in [5, 5.41) is 8.79. The number of thiocarbonyl (C=S) groups is 1. The third-order valence-corrected chi connectivity index (χ3v) is 4.85. The zero-order valence-corrected chi connectivity index (χ0v) is 19.1. The van der Waals surface area contributed by atoms with Gasteiger partial charge in [-0.3, -0.25) is 4.79 Å². The van der Waals surface area contributed by atoms with Gasteiger partial charge in [0, 0.05) is 5.56 Å². The van der Waals surface area contributed by atoms with Crippen LogP contribution in [0.2, 0.25) is 5.02 Å². The van der Waals surface area contributed by atoms with Crippen LogP contribution < -0.4 is 25.4 Å². The van der Waals surface area contributed by atoms with E-state index in [1.807, 2.05) is 0 Å². The van der Waals surface area contributed by atoms with Gasteiger partial charge in [-0.25, -0.2) is 0 Å². The molecule has 0 aliphatic rings. The molecule has 1 amide bonds. The number of benzene rings is 2. The summed E-state index contributed by atoms with van der Waals surface area (Å²) in [5.41, 5.74) is 0.828. The Hall–Kier alpha value is -1.64. The number of nitrogens with one attached hydrogen (secondary N) is 3. The molecule has 1 atom stereocenters.